The van der Waals surface area contributed by atoms with E-state index in [0.717, 1.165) is 24.4 Å². The number of rotatable bonds is 4. The summed E-state index contributed by atoms with van der Waals surface area (Å²) in [5, 5.41) is -0.0278. The molecule has 0 atom stereocenters. The maximum atomic E-state index is 13.5. The molecule has 1 aromatic carbocycles. The molecular weight excluding hydrogens is 326 g/mol. The second kappa shape index (κ2) is 5.80. The van der Waals surface area contributed by atoms with E-state index in [2.05, 4.69) is 10.4 Å². The number of benzene rings is 1. The Labute approximate surface area is 124 Å². The first-order valence-electron chi connectivity index (χ1n) is 5.43. The first-order chi connectivity index (χ1) is 9.83. The Morgan fingerprint density at radius 3 is 2.52 bits per heavy atom. The van der Waals surface area contributed by atoms with E-state index >= 15 is 0 Å². The van der Waals surface area contributed by atoms with Gasteiger partial charge in [-0.05, 0) is 18.2 Å². The average molecular weight is 335 g/mol. The van der Waals surface area contributed by atoms with Crippen LogP contribution in [-0.2, 0) is 10.0 Å². The Morgan fingerprint density at radius 2 is 1.95 bits per heavy atom. The molecule has 21 heavy (non-hydrogen) atoms. The fraction of sp³-hybridized carbons (Fsp3) is 0. The third-order valence-electron chi connectivity index (χ3n) is 2.44. The Bertz CT molecular complexity index is 786. The number of aromatic nitrogens is 1. The lowest BCUT2D eigenvalue weighted by atomic mass is 10.3. The summed E-state index contributed by atoms with van der Waals surface area (Å²) in [6.07, 6.45) is 0.991. The van der Waals surface area contributed by atoms with Crippen LogP contribution in [-0.4, -0.2) is 13.4 Å². The van der Waals surface area contributed by atoms with Crippen molar-refractivity contribution in [3.8, 4) is 0 Å². The molecule has 2 rings (SSSR count). The van der Waals surface area contributed by atoms with E-state index in [-0.39, 0.29) is 15.7 Å². The van der Waals surface area contributed by atoms with Gasteiger partial charge in [0.25, 0.3) is 10.0 Å². The number of hydrogen-bond donors (Lipinski definition) is 3. The lowest BCUT2D eigenvalue weighted by molar-refractivity contribution is 0.582. The topological polar surface area (TPSA) is 97.1 Å². The maximum absolute atomic E-state index is 13.5. The molecule has 0 spiro atoms. The molecule has 0 fully saturated rings. The smallest absolute Gasteiger partial charge is 0.263 e. The Kier molecular flexibility index (Phi) is 4.26. The highest BCUT2D eigenvalue weighted by Crippen LogP contribution is 2.24. The standard InChI is InChI=1S/C11H9ClF2N4O2S/c12-8-4-7(5-16-11(8)17-15)21(19,20)18-10-2-1-6(13)3-9(10)14/h1-5,18H,15H2,(H,16,17). The van der Waals surface area contributed by atoms with Crippen LogP contribution in [0.1, 0.15) is 0 Å². The van der Waals surface area contributed by atoms with Gasteiger partial charge in [0.2, 0.25) is 0 Å². The minimum Gasteiger partial charge on any atom is -0.307 e. The van der Waals surface area contributed by atoms with E-state index in [0.29, 0.717) is 6.07 Å². The van der Waals surface area contributed by atoms with E-state index < -0.39 is 27.3 Å². The number of halogens is 3. The molecule has 10 heteroatoms. The van der Waals surface area contributed by atoms with Crippen molar-refractivity contribution in [3.05, 3.63) is 47.1 Å². The van der Waals surface area contributed by atoms with Gasteiger partial charge in [-0.25, -0.2) is 28.0 Å². The Balaban J connectivity index is 2.36. The highest BCUT2D eigenvalue weighted by Gasteiger charge is 2.18. The lowest BCUT2D eigenvalue weighted by Crippen LogP contribution is -2.15. The molecule has 0 aliphatic carbocycles. The number of anilines is 2. The molecule has 4 N–H and O–H groups in total. The number of hydrazine groups is 1. The van der Waals surface area contributed by atoms with Gasteiger partial charge in [-0.15, -0.1) is 0 Å². The molecule has 0 aliphatic rings. The van der Waals surface area contributed by atoms with Gasteiger partial charge in [0, 0.05) is 12.3 Å². The zero-order chi connectivity index (χ0) is 15.6. The number of pyridine rings is 1. The molecule has 6 nitrogen and oxygen atoms in total. The quantitative estimate of drug-likeness (QED) is 0.587. The molecule has 0 saturated carbocycles. The van der Waals surface area contributed by atoms with Crippen molar-refractivity contribution in [2.24, 2.45) is 5.84 Å². The predicted octanol–water partition coefficient (Wildman–Crippen LogP) is 2.10. The SMILES string of the molecule is NNc1ncc(S(=O)(=O)Nc2ccc(F)cc2F)cc1Cl. The number of nitrogens with two attached hydrogens (primary N) is 1. The highest BCUT2D eigenvalue weighted by atomic mass is 35.5. The highest BCUT2D eigenvalue weighted by molar-refractivity contribution is 7.92. The van der Waals surface area contributed by atoms with Crippen LogP contribution in [0.5, 0.6) is 0 Å². The number of nitrogens with one attached hydrogen (secondary N) is 2. The first-order valence-corrected chi connectivity index (χ1v) is 7.29. The number of nitrogen functional groups attached to an aromatic ring is 1. The third kappa shape index (κ3) is 3.38. The van der Waals surface area contributed by atoms with Crippen molar-refractivity contribution in [2.45, 2.75) is 4.90 Å². The van der Waals surface area contributed by atoms with Crippen LogP contribution in [0, 0.1) is 11.6 Å². The van der Waals surface area contributed by atoms with Gasteiger partial charge in [0.15, 0.2) is 5.82 Å². The maximum Gasteiger partial charge on any atom is 0.263 e. The van der Waals surface area contributed by atoms with E-state index in [1.54, 1.807) is 0 Å². The van der Waals surface area contributed by atoms with Crippen molar-refractivity contribution in [2.75, 3.05) is 10.1 Å². The Morgan fingerprint density at radius 1 is 1.24 bits per heavy atom. The van der Waals surface area contributed by atoms with Crippen LogP contribution >= 0.6 is 11.6 Å². The zero-order valence-electron chi connectivity index (χ0n) is 10.3. The van der Waals surface area contributed by atoms with E-state index in [4.69, 9.17) is 17.4 Å². The minimum absolute atomic E-state index is 0.0278. The van der Waals surface area contributed by atoms with Gasteiger partial charge >= 0.3 is 0 Å². The van der Waals surface area contributed by atoms with Crippen LogP contribution in [0.3, 0.4) is 0 Å². The van der Waals surface area contributed by atoms with Crippen LogP contribution in [0.25, 0.3) is 0 Å². The molecule has 0 aliphatic heterocycles. The normalized spacial score (nSPS) is 11.2. The van der Waals surface area contributed by atoms with Crippen molar-refractivity contribution >= 4 is 33.1 Å². The summed E-state index contributed by atoms with van der Waals surface area (Å²) >= 11 is 5.77. The lowest BCUT2D eigenvalue weighted by Gasteiger charge is -2.10. The van der Waals surface area contributed by atoms with Gasteiger partial charge in [-0.3, -0.25) is 4.72 Å². The molecule has 1 aromatic heterocycles. The van der Waals surface area contributed by atoms with Crippen molar-refractivity contribution in [1.82, 2.24) is 4.98 Å². The van der Waals surface area contributed by atoms with Crippen molar-refractivity contribution < 1.29 is 17.2 Å². The van der Waals surface area contributed by atoms with Crippen LogP contribution < -0.4 is 16.0 Å². The molecule has 2 aromatic rings. The monoisotopic (exact) mass is 334 g/mol. The van der Waals surface area contributed by atoms with Crippen LogP contribution in [0.15, 0.2) is 35.4 Å². The molecule has 0 bridgehead atoms. The predicted molar refractivity (Wildman–Crippen MR) is 74.2 cm³/mol. The summed E-state index contributed by atoms with van der Waals surface area (Å²) in [7, 11) is -4.12. The summed E-state index contributed by atoms with van der Waals surface area (Å²) in [6, 6.07) is 3.54. The fourth-order valence-corrected chi connectivity index (χ4v) is 2.77. The van der Waals surface area contributed by atoms with Gasteiger partial charge in [0.1, 0.15) is 16.5 Å². The van der Waals surface area contributed by atoms with Gasteiger partial charge < -0.3 is 5.43 Å². The summed E-state index contributed by atoms with van der Waals surface area (Å²) in [5.41, 5.74) is 1.78. The molecule has 0 unspecified atom stereocenters. The second-order valence-corrected chi connectivity index (χ2v) is 5.97. The molecule has 0 saturated heterocycles. The molecular formula is C11H9ClF2N4O2S. The zero-order valence-corrected chi connectivity index (χ0v) is 11.8. The van der Waals surface area contributed by atoms with Gasteiger partial charge in [-0.1, -0.05) is 11.6 Å². The second-order valence-electron chi connectivity index (χ2n) is 3.88. The van der Waals surface area contributed by atoms with Crippen LogP contribution in [0.2, 0.25) is 5.02 Å². The summed E-state index contributed by atoms with van der Waals surface area (Å²) in [6.45, 7) is 0. The van der Waals surface area contributed by atoms with Crippen molar-refractivity contribution in [1.29, 1.82) is 0 Å². The largest absolute Gasteiger partial charge is 0.307 e. The van der Waals surface area contributed by atoms with Crippen LogP contribution in [0.4, 0.5) is 20.3 Å². The summed E-state index contributed by atoms with van der Waals surface area (Å²) in [5.74, 6) is 3.34. The number of hydrogen-bond acceptors (Lipinski definition) is 5. The van der Waals surface area contributed by atoms with E-state index in [1.165, 1.54) is 0 Å². The molecule has 0 amide bonds. The van der Waals surface area contributed by atoms with E-state index in [1.807, 2.05) is 4.72 Å². The minimum atomic E-state index is -4.12. The van der Waals surface area contributed by atoms with Gasteiger partial charge in [0.05, 0.1) is 10.7 Å². The average Bonchev–Trinajstić information content (AvgIpc) is 2.42. The molecule has 0 radical (unpaired) electrons. The van der Waals surface area contributed by atoms with Crippen molar-refractivity contribution in [3.63, 3.8) is 0 Å². The number of sulfonamides is 1. The molecule has 1 heterocycles. The van der Waals surface area contributed by atoms with E-state index in [9.17, 15) is 17.2 Å². The summed E-state index contributed by atoms with van der Waals surface area (Å²) in [4.78, 5) is 3.40. The third-order valence-corrected chi connectivity index (χ3v) is 4.06. The summed E-state index contributed by atoms with van der Waals surface area (Å²) < 4.78 is 52.3. The fourth-order valence-electron chi connectivity index (χ4n) is 1.45. The number of nitrogens with zero attached hydrogens (tertiary/aromatic N) is 1. The van der Waals surface area contributed by atoms with Gasteiger partial charge in [-0.2, -0.15) is 0 Å². The molecule has 112 valence electrons. The Hall–Kier alpha value is -1.97. The first kappa shape index (κ1) is 15.4.